The van der Waals surface area contributed by atoms with E-state index in [9.17, 15) is 14.4 Å². The zero-order valence-corrected chi connectivity index (χ0v) is 11.3. The SMILES string of the molecule is CCCC(C)NC(=O)N1CCNC(=O)C1CC(=O)O. The first-order valence-electron chi connectivity index (χ1n) is 6.52. The Morgan fingerprint density at radius 3 is 2.84 bits per heavy atom. The van der Waals surface area contributed by atoms with E-state index in [0.29, 0.717) is 13.1 Å². The summed E-state index contributed by atoms with van der Waals surface area (Å²) in [5, 5.41) is 14.2. The van der Waals surface area contributed by atoms with E-state index >= 15 is 0 Å². The molecule has 7 heteroatoms. The fourth-order valence-electron chi connectivity index (χ4n) is 2.12. The molecule has 1 heterocycles. The quantitative estimate of drug-likeness (QED) is 0.663. The molecule has 0 aromatic carbocycles. The van der Waals surface area contributed by atoms with Crippen LogP contribution >= 0.6 is 0 Å². The fraction of sp³-hybridized carbons (Fsp3) is 0.750. The van der Waals surface area contributed by atoms with E-state index in [1.165, 1.54) is 4.90 Å². The first-order chi connectivity index (χ1) is 8.95. The maximum atomic E-state index is 12.1. The molecule has 108 valence electrons. The van der Waals surface area contributed by atoms with Gasteiger partial charge in [0, 0.05) is 19.1 Å². The molecular weight excluding hydrogens is 250 g/mol. The van der Waals surface area contributed by atoms with Crippen LogP contribution in [0, 0.1) is 0 Å². The number of aliphatic carboxylic acids is 1. The minimum absolute atomic E-state index is 0.00738. The summed E-state index contributed by atoms with van der Waals surface area (Å²) < 4.78 is 0. The molecule has 1 aliphatic heterocycles. The number of rotatable bonds is 5. The number of carboxylic acids is 1. The molecule has 2 unspecified atom stereocenters. The predicted octanol–water partition coefficient (Wildman–Crippen LogP) is 0.160. The van der Waals surface area contributed by atoms with Crippen molar-refractivity contribution >= 4 is 17.9 Å². The molecule has 1 aliphatic rings. The lowest BCUT2D eigenvalue weighted by Crippen LogP contribution is -2.60. The molecule has 2 atom stereocenters. The Morgan fingerprint density at radius 1 is 1.58 bits per heavy atom. The number of hydrogen-bond acceptors (Lipinski definition) is 3. The third-order valence-electron chi connectivity index (χ3n) is 3.05. The van der Waals surface area contributed by atoms with E-state index in [1.54, 1.807) is 0 Å². The Hall–Kier alpha value is -1.79. The van der Waals surface area contributed by atoms with Gasteiger partial charge in [-0.25, -0.2) is 4.79 Å². The molecule has 0 aromatic heterocycles. The summed E-state index contributed by atoms with van der Waals surface area (Å²) in [6.07, 6.45) is 1.41. The number of carbonyl (C=O) groups excluding carboxylic acids is 2. The van der Waals surface area contributed by atoms with Gasteiger partial charge in [-0.2, -0.15) is 0 Å². The number of piperazine rings is 1. The second kappa shape index (κ2) is 6.96. The summed E-state index contributed by atoms with van der Waals surface area (Å²) in [4.78, 5) is 35.8. The van der Waals surface area contributed by atoms with Crippen LogP contribution in [0.1, 0.15) is 33.1 Å². The molecule has 1 fully saturated rings. The highest BCUT2D eigenvalue weighted by molar-refractivity contribution is 5.91. The zero-order valence-electron chi connectivity index (χ0n) is 11.3. The lowest BCUT2D eigenvalue weighted by molar-refractivity contribution is -0.142. The number of urea groups is 1. The average Bonchev–Trinajstić information content (AvgIpc) is 2.31. The molecule has 19 heavy (non-hydrogen) atoms. The van der Waals surface area contributed by atoms with Crippen LogP contribution in [0.4, 0.5) is 4.79 Å². The van der Waals surface area contributed by atoms with Crippen molar-refractivity contribution in [1.29, 1.82) is 0 Å². The molecule has 0 spiro atoms. The van der Waals surface area contributed by atoms with Crippen LogP contribution in [-0.4, -0.2) is 53.1 Å². The second-order valence-electron chi connectivity index (χ2n) is 4.74. The Balaban J connectivity index is 2.68. The molecule has 0 bridgehead atoms. The lowest BCUT2D eigenvalue weighted by Gasteiger charge is -2.35. The number of nitrogens with zero attached hydrogens (tertiary/aromatic N) is 1. The summed E-state index contributed by atoms with van der Waals surface area (Å²) in [6.45, 7) is 4.58. The highest BCUT2D eigenvalue weighted by atomic mass is 16.4. The monoisotopic (exact) mass is 271 g/mol. The summed E-state index contributed by atoms with van der Waals surface area (Å²) in [5.74, 6) is -1.51. The van der Waals surface area contributed by atoms with E-state index in [1.807, 2.05) is 13.8 Å². The molecular formula is C12H21N3O4. The van der Waals surface area contributed by atoms with E-state index < -0.39 is 17.9 Å². The first-order valence-corrected chi connectivity index (χ1v) is 6.52. The van der Waals surface area contributed by atoms with Crippen molar-refractivity contribution in [2.45, 2.75) is 45.2 Å². The standard InChI is InChI=1S/C12H21N3O4/c1-3-4-8(2)14-12(19)15-6-5-13-11(18)9(15)7-10(16)17/h8-9H,3-7H2,1-2H3,(H,13,18)(H,14,19)(H,16,17). The Morgan fingerprint density at radius 2 is 2.26 bits per heavy atom. The van der Waals surface area contributed by atoms with Gasteiger partial charge in [0.1, 0.15) is 6.04 Å². The van der Waals surface area contributed by atoms with E-state index in [0.717, 1.165) is 12.8 Å². The van der Waals surface area contributed by atoms with Crippen molar-refractivity contribution in [3.8, 4) is 0 Å². The Kier molecular flexibility index (Phi) is 5.59. The molecule has 3 amide bonds. The highest BCUT2D eigenvalue weighted by Crippen LogP contribution is 2.10. The van der Waals surface area contributed by atoms with Crippen LogP contribution in [0.2, 0.25) is 0 Å². The van der Waals surface area contributed by atoms with Crippen molar-refractivity contribution in [3.05, 3.63) is 0 Å². The zero-order chi connectivity index (χ0) is 14.4. The maximum absolute atomic E-state index is 12.1. The fourth-order valence-corrected chi connectivity index (χ4v) is 2.12. The molecule has 0 radical (unpaired) electrons. The van der Waals surface area contributed by atoms with Crippen molar-refractivity contribution < 1.29 is 19.5 Å². The van der Waals surface area contributed by atoms with Gasteiger partial charge in [0.05, 0.1) is 6.42 Å². The summed E-state index contributed by atoms with van der Waals surface area (Å²) in [7, 11) is 0. The normalized spacial score (nSPS) is 20.6. The van der Waals surface area contributed by atoms with E-state index in [-0.39, 0.29) is 18.5 Å². The van der Waals surface area contributed by atoms with E-state index in [4.69, 9.17) is 5.11 Å². The van der Waals surface area contributed by atoms with Crippen molar-refractivity contribution in [3.63, 3.8) is 0 Å². The predicted molar refractivity (Wildman–Crippen MR) is 68.7 cm³/mol. The van der Waals surface area contributed by atoms with Gasteiger partial charge < -0.3 is 20.6 Å². The van der Waals surface area contributed by atoms with Gasteiger partial charge in [-0.3, -0.25) is 9.59 Å². The molecule has 1 rings (SSSR count). The topological polar surface area (TPSA) is 98.7 Å². The lowest BCUT2D eigenvalue weighted by atomic mass is 10.1. The molecule has 1 saturated heterocycles. The van der Waals surface area contributed by atoms with Crippen LogP contribution in [-0.2, 0) is 9.59 Å². The second-order valence-corrected chi connectivity index (χ2v) is 4.74. The van der Waals surface area contributed by atoms with Crippen LogP contribution in [0.25, 0.3) is 0 Å². The van der Waals surface area contributed by atoms with Crippen LogP contribution in [0.15, 0.2) is 0 Å². The van der Waals surface area contributed by atoms with Crippen LogP contribution in [0.3, 0.4) is 0 Å². The average molecular weight is 271 g/mol. The smallest absolute Gasteiger partial charge is 0.318 e. The molecule has 0 saturated carbocycles. The Labute approximate surface area is 112 Å². The van der Waals surface area contributed by atoms with Crippen molar-refractivity contribution in [2.24, 2.45) is 0 Å². The number of nitrogens with one attached hydrogen (secondary N) is 2. The van der Waals surface area contributed by atoms with Gasteiger partial charge in [0.25, 0.3) is 0 Å². The van der Waals surface area contributed by atoms with E-state index in [2.05, 4.69) is 10.6 Å². The maximum Gasteiger partial charge on any atom is 0.318 e. The highest BCUT2D eigenvalue weighted by Gasteiger charge is 2.34. The first kappa shape index (κ1) is 15.3. The third-order valence-corrected chi connectivity index (χ3v) is 3.05. The molecule has 3 N–H and O–H groups in total. The van der Waals surface area contributed by atoms with Crippen LogP contribution < -0.4 is 10.6 Å². The van der Waals surface area contributed by atoms with Gasteiger partial charge in [-0.15, -0.1) is 0 Å². The Bertz CT molecular complexity index is 359. The van der Waals surface area contributed by atoms with Crippen molar-refractivity contribution in [1.82, 2.24) is 15.5 Å². The van der Waals surface area contributed by atoms with Gasteiger partial charge in [0.2, 0.25) is 5.91 Å². The number of carbonyl (C=O) groups is 3. The minimum atomic E-state index is -1.10. The van der Waals surface area contributed by atoms with Gasteiger partial charge in [-0.1, -0.05) is 13.3 Å². The van der Waals surface area contributed by atoms with Crippen LogP contribution in [0.5, 0.6) is 0 Å². The van der Waals surface area contributed by atoms with Gasteiger partial charge >= 0.3 is 12.0 Å². The molecule has 7 nitrogen and oxygen atoms in total. The number of carboxylic acid groups (broad SMARTS) is 1. The molecule has 0 aliphatic carbocycles. The molecule has 0 aromatic rings. The minimum Gasteiger partial charge on any atom is -0.481 e. The van der Waals surface area contributed by atoms with Crippen molar-refractivity contribution in [2.75, 3.05) is 13.1 Å². The van der Waals surface area contributed by atoms with Gasteiger partial charge in [-0.05, 0) is 13.3 Å². The third kappa shape index (κ3) is 4.42. The summed E-state index contributed by atoms with van der Waals surface area (Å²) in [5.41, 5.74) is 0. The van der Waals surface area contributed by atoms with Gasteiger partial charge in [0.15, 0.2) is 0 Å². The number of hydrogen-bond donors (Lipinski definition) is 3. The largest absolute Gasteiger partial charge is 0.481 e. The summed E-state index contributed by atoms with van der Waals surface area (Å²) in [6, 6.07) is -1.30. The summed E-state index contributed by atoms with van der Waals surface area (Å²) >= 11 is 0. The number of amides is 3.